The van der Waals surface area contributed by atoms with E-state index < -0.39 is 0 Å². The van der Waals surface area contributed by atoms with Crippen LogP contribution in [-0.4, -0.2) is 24.0 Å². The fourth-order valence-corrected chi connectivity index (χ4v) is 2.02. The monoisotopic (exact) mass is 254 g/mol. The standard InChI is InChI=1S/C15H14N2O2/c1-18-13-7-12(8-14(9-13)19-2)17-10-11-5-3-4-6-15(11)16-17/h3-10H,1-2H3. The summed E-state index contributed by atoms with van der Waals surface area (Å²) in [4.78, 5) is 0. The molecular weight excluding hydrogens is 240 g/mol. The fraction of sp³-hybridized carbons (Fsp3) is 0.133. The van der Waals surface area contributed by atoms with E-state index in [-0.39, 0.29) is 0 Å². The van der Waals surface area contributed by atoms with Crippen LogP contribution in [0.3, 0.4) is 0 Å². The van der Waals surface area contributed by atoms with Crippen LogP contribution >= 0.6 is 0 Å². The van der Waals surface area contributed by atoms with Crippen LogP contribution in [-0.2, 0) is 0 Å². The van der Waals surface area contributed by atoms with Crippen molar-refractivity contribution in [1.29, 1.82) is 0 Å². The molecule has 0 aliphatic rings. The molecule has 0 atom stereocenters. The SMILES string of the molecule is COc1cc(OC)cc(-n2cc3ccccc3n2)c1. The van der Waals surface area contributed by atoms with Gasteiger partial charge < -0.3 is 9.47 Å². The van der Waals surface area contributed by atoms with Crippen molar-refractivity contribution >= 4 is 10.9 Å². The van der Waals surface area contributed by atoms with Crippen LogP contribution < -0.4 is 9.47 Å². The maximum absolute atomic E-state index is 5.27. The van der Waals surface area contributed by atoms with Gasteiger partial charge >= 0.3 is 0 Å². The van der Waals surface area contributed by atoms with Crippen LogP contribution in [0.15, 0.2) is 48.7 Å². The first-order chi connectivity index (χ1) is 9.30. The summed E-state index contributed by atoms with van der Waals surface area (Å²) in [7, 11) is 3.27. The molecule has 0 aliphatic heterocycles. The third-order valence-electron chi connectivity index (χ3n) is 3.01. The van der Waals surface area contributed by atoms with Gasteiger partial charge in [-0.05, 0) is 6.07 Å². The smallest absolute Gasteiger partial charge is 0.124 e. The molecule has 0 N–H and O–H groups in total. The van der Waals surface area contributed by atoms with E-state index in [1.54, 1.807) is 14.2 Å². The van der Waals surface area contributed by atoms with Gasteiger partial charge in [-0.1, -0.05) is 18.2 Å². The molecule has 0 spiro atoms. The lowest BCUT2D eigenvalue weighted by Gasteiger charge is -2.08. The first-order valence-electron chi connectivity index (χ1n) is 5.98. The predicted molar refractivity (Wildman–Crippen MR) is 74.2 cm³/mol. The van der Waals surface area contributed by atoms with E-state index >= 15 is 0 Å². The normalized spacial score (nSPS) is 10.6. The number of nitrogens with zero attached hydrogens (tertiary/aromatic N) is 2. The zero-order valence-corrected chi connectivity index (χ0v) is 10.8. The number of hydrogen-bond acceptors (Lipinski definition) is 3. The number of methoxy groups -OCH3 is 2. The second kappa shape index (κ2) is 4.65. The first kappa shape index (κ1) is 11.6. The molecular formula is C15H14N2O2. The Balaban J connectivity index is 2.14. The molecule has 0 saturated heterocycles. The van der Waals surface area contributed by atoms with E-state index in [2.05, 4.69) is 5.10 Å². The molecule has 3 aromatic rings. The van der Waals surface area contributed by atoms with Crippen molar-refractivity contribution in [3.63, 3.8) is 0 Å². The van der Waals surface area contributed by atoms with Gasteiger partial charge in [0.05, 0.1) is 25.4 Å². The maximum atomic E-state index is 5.27. The summed E-state index contributed by atoms with van der Waals surface area (Å²) >= 11 is 0. The van der Waals surface area contributed by atoms with Crippen molar-refractivity contribution in [3.8, 4) is 17.2 Å². The van der Waals surface area contributed by atoms with Crippen LogP contribution in [0.2, 0.25) is 0 Å². The van der Waals surface area contributed by atoms with E-state index in [0.717, 1.165) is 28.1 Å². The number of hydrogen-bond donors (Lipinski definition) is 0. The molecule has 0 amide bonds. The number of benzene rings is 2. The molecule has 0 unspecified atom stereocenters. The quantitative estimate of drug-likeness (QED) is 0.720. The Kier molecular flexibility index (Phi) is 2.83. The summed E-state index contributed by atoms with van der Waals surface area (Å²) in [6, 6.07) is 13.7. The highest BCUT2D eigenvalue weighted by atomic mass is 16.5. The number of fused-ring (bicyclic) bond motifs is 1. The molecule has 1 heterocycles. The van der Waals surface area contributed by atoms with Crippen LogP contribution in [0.1, 0.15) is 0 Å². The van der Waals surface area contributed by atoms with Crippen molar-refractivity contribution in [1.82, 2.24) is 9.78 Å². The van der Waals surface area contributed by atoms with E-state index in [1.807, 2.05) is 53.3 Å². The topological polar surface area (TPSA) is 36.3 Å². The van der Waals surface area contributed by atoms with Gasteiger partial charge in [0, 0.05) is 29.8 Å². The lowest BCUT2D eigenvalue weighted by atomic mass is 10.2. The lowest BCUT2D eigenvalue weighted by molar-refractivity contribution is 0.394. The Morgan fingerprint density at radius 3 is 2.26 bits per heavy atom. The summed E-state index contributed by atoms with van der Waals surface area (Å²) in [5, 5.41) is 5.64. The molecule has 0 saturated carbocycles. The average molecular weight is 254 g/mol. The summed E-state index contributed by atoms with van der Waals surface area (Å²) in [5.74, 6) is 1.49. The molecule has 4 nitrogen and oxygen atoms in total. The van der Waals surface area contributed by atoms with Crippen LogP contribution in [0.5, 0.6) is 11.5 Å². The maximum Gasteiger partial charge on any atom is 0.124 e. The Bertz CT molecular complexity index is 664. The zero-order chi connectivity index (χ0) is 13.2. The van der Waals surface area contributed by atoms with Crippen LogP contribution in [0.25, 0.3) is 16.6 Å². The van der Waals surface area contributed by atoms with Gasteiger partial charge in [0.1, 0.15) is 11.5 Å². The Hall–Kier alpha value is -2.49. The van der Waals surface area contributed by atoms with E-state index in [1.165, 1.54) is 0 Å². The van der Waals surface area contributed by atoms with Gasteiger partial charge in [0.2, 0.25) is 0 Å². The summed E-state index contributed by atoms with van der Waals surface area (Å²) in [6.45, 7) is 0. The highest BCUT2D eigenvalue weighted by molar-refractivity contribution is 5.78. The molecule has 4 heteroatoms. The fourth-order valence-electron chi connectivity index (χ4n) is 2.02. The Labute approximate surface area is 111 Å². The number of rotatable bonds is 3. The van der Waals surface area contributed by atoms with Crippen molar-refractivity contribution < 1.29 is 9.47 Å². The molecule has 0 radical (unpaired) electrons. The van der Waals surface area contributed by atoms with E-state index in [0.29, 0.717) is 0 Å². The second-order valence-corrected chi connectivity index (χ2v) is 4.20. The molecule has 0 fully saturated rings. The molecule has 3 rings (SSSR count). The predicted octanol–water partition coefficient (Wildman–Crippen LogP) is 3.04. The summed E-state index contributed by atoms with van der Waals surface area (Å²) in [6.07, 6.45) is 1.99. The second-order valence-electron chi connectivity index (χ2n) is 4.20. The minimum atomic E-state index is 0.744. The molecule has 0 aliphatic carbocycles. The Morgan fingerprint density at radius 1 is 0.947 bits per heavy atom. The average Bonchev–Trinajstić information content (AvgIpc) is 2.90. The van der Waals surface area contributed by atoms with Gasteiger partial charge in [-0.15, -0.1) is 0 Å². The summed E-state index contributed by atoms with van der Waals surface area (Å²) < 4.78 is 12.4. The molecule has 2 aromatic carbocycles. The minimum absolute atomic E-state index is 0.744. The van der Waals surface area contributed by atoms with Crippen molar-refractivity contribution in [2.45, 2.75) is 0 Å². The highest BCUT2D eigenvalue weighted by Gasteiger charge is 2.06. The summed E-state index contributed by atoms with van der Waals surface area (Å²) in [5.41, 5.74) is 1.87. The Morgan fingerprint density at radius 2 is 1.63 bits per heavy atom. The third-order valence-corrected chi connectivity index (χ3v) is 3.01. The molecule has 96 valence electrons. The lowest BCUT2D eigenvalue weighted by Crippen LogP contribution is -1.96. The minimum Gasteiger partial charge on any atom is -0.497 e. The van der Waals surface area contributed by atoms with Crippen LogP contribution in [0, 0.1) is 0 Å². The van der Waals surface area contributed by atoms with Gasteiger partial charge in [0.25, 0.3) is 0 Å². The highest BCUT2D eigenvalue weighted by Crippen LogP contribution is 2.25. The number of ether oxygens (including phenoxy) is 2. The van der Waals surface area contributed by atoms with Gasteiger partial charge in [0.15, 0.2) is 0 Å². The number of aromatic nitrogens is 2. The van der Waals surface area contributed by atoms with Gasteiger partial charge in [-0.3, -0.25) is 0 Å². The molecule has 0 bridgehead atoms. The van der Waals surface area contributed by atoms with E-state index in [9.17, 15) is 0 Å². The molecule has 19 heavy (non-hydrogen) atoms. The van der Waals surface area contributed by atoms with E-state index in [4.69, 9.17) is 9.47 Å². The zero-order valence-electron chi connectivity index (χ0n) is 10.8. The van der Waals surface area contributed by atoms with Gasteiger partial charge in [-0.25, -0.2) is 4.68 Å². The van der Waals surface area contributed by atoms with Crippen molar-refractivity contribution in [3.05, 3.63) is 48.7 Å². The first-order valence-corrected chi connectivity index (χ1v) is 5.98. The van der Waals surface area contributed by atoms with Gasteiger partial charge in [-0.2, -0.15) is 5.10 Å². The third kappa shape index (κ3) is 2.12. The molecule has 1 aromatic heterocycles. The van der Waals surface area contributed by atoms with Crippen molar-refractivity contribution in [2.24, 2.45) is 0 Å². The van der Waals surface area contributed by atoms with Crippen LogP contribution in [0.4, 0.5) is 0 Å². The van der Waals surface area contributed by atoms with Crippen molar-refractivity contribution in [2.75, 3.05) is 14.2 Å². The largest absolute Gasteiger partial charge is 0.497 e.